The number of aryl methyl sites for hydroxylation is 2. The summed E-state index contributed by atoms with van der Waals surface area (Å²) in [6.07, 6.45) is 6.61. The Bertz CT molecular complexity index is 684. The number of rotatable bonds is 2. The summed E-state index contributed by atoms with van der Waals surface area (Å²) in [5, 5.41) is 1.39. The van der Waals surface area contributed by atoms with E-state index in [-0.39, 0.29) is 0 Å². The lowest BCUT2D eigenvalue weighted by Crippen LogP contribution is -1.99. The van der Waals surface area contributed by atoms with Crippen LogP contribution in [0.1, 0.15) is 74.0 Å². The van der Waals surface area contributed by atoms with Gasteiger partial charge >= 0.3 is 0 Å². The van der Waals surface area contributed by atoms with Gasteiger partial charge < -0.3 is 4.42 Å². The van der Waals surface area contributed by atoms with E-state index in [9.17, 15) is 0 Å². The van der Waals surface area contributed by atoms with Crippen molar-refractivity contribution < 1.29 is 4.42 Å². The summed E-state index contributed by atoms with van der Waals surface area (Å²) in [4.78, 5) is 0. The summed E-state index contributed by atoms with van der Waals surface area (Å²) in [7, 11) is 0. The Morgan fingerprint density at radius 3 is 2.40 bits per heavy atom. The van der Waals surface area contributed by atoms with Gasteiger partial charge in [-0.3, -0.25) is 0 Å². The predicted octanol–water partition coefficient (Wildman–Crippen LogP) is 5.95. The van der Waals surface area contributed by atoms with Gasteiger partial charge in [-0.25, -0.2) is 0 Å². The largest absolute Gasteiger partial charge is 0.456 e. The Balaban J connectivity index is 2.41. The Labute approximate surface area is 121 Å². The van der Waals surface area contributed by atoms with Crippen molar-refractivity contribution in [2.24, 2.45) is 0 Å². The molecule has 0 atom stereocenters. The molecule has 0 saturated heterocycles. The SMILES string of the molecule is Cc1c(C(C)C)cc(C(C)C)c2c3c(oc12)C=CCC3. The molecule has 0 unspecified atom stereocenters. The zero-order valence-corrected chi connectivity index (χ0v) is 13.2. The standard InChI is InChI=1S/C19H24O/c1-11(2)15-10-16(12(3)4)18-14-8-6-7-9-17(14)20-19(18)13(15)5/h7,9-12H,6,8H2,1-5H3. The highest BCUT2D eigenvalue weighted by Gasteiger charge is 2.22. The summed E-state index contributed by atoms with van der Waals surface area (Å²) in [6, 6.07) is 2.42. The number of furan rings is 1. The lowest BCUT2D eigenvalue weighted by atomic mass is 9.87. The van der Waals surface area contributed by atoms with E-state index in [2.05, 4.69) is 52.8 Å². The van der Waals surface area contributed by atoms with Crippen LogP contribution in [0.2, 0.25) is 0 Å². The smallest absolute Gasteiger partial charge is 0.138 e. The second-order valence-corrected chi connectivity index (χ2v) is 6.58. The van der Waals surface area contributed by atoms with Gasteiger partial charge in [-0.15, -0.1) is 0 Å². The second kappa shape index (κ2) is 4.80. The molecule has 0 radical (unpaired) electrons. The molecule has 1 heterocycles. The zero-order chi connectivity index (χ0) is 14.4. The average Bonchev–Trinajstić information content (AvgIpc) is 2.78. The maximum Gasteiger partial charge on any atom is 0.138 e. The Morgan fingerprint density at radius 2 is 1.75 bits per heavy atom. The summed E-state index contributed by atoms with van der Waals surface area (Å²) >= 11 is 0. The molecule has 2 aromatic rings. The molecule has 0 bridgehead atoms. The maximum atomic E-state index is 6.22. The Kier molecular flexibility index (Phi) is 3.24. The molecule has 1 aromatic carbocycles. The number of allylic oxidation sites excluding steroid dienone is 1. The molecule has 0 spiro atoms. The fourth-order valence-electron chi connectivity index (χ4n) is 3.39. The van der Waals surface area contributed by atoms with E-state index in [0.29, 0.717) is 11.8 Å². The molecule has 1 heteroatoms. The summed E-state index contributed by atoms with van der Waals surface area (Å²) < 4.78 is 6.22. The van der Waals surface area contributed by atoms with E-state index in [0.717, 1.165) is 24.2 Å². The molecular formula is C19H24O. The highest BCUT2D eigenvalue weighted by Crippen LogP contribution is 2.40. The topological polar surface area (TPSA) is 13.1 Å². The van der Waals surface area contributed by atoms with E-state index in [4.69, 9.17) is 4.42 Å². The van der Waals surface area contributed by atoms with Crippen molar-refractivity contribution in [2.75, 3.05) is 0 Å². The van der Waals surface area contributed by atoms with E-state index < -0.39 is 0 Å². The van der Waals surface area contributed by atoms with Crippen LogP contribution in [0, 0.1) is 6.92 Å². The van der Waals surface area contributed by atoms with Crippen LogP contribution < -0.4 is 0 Å². The van der Waals surface area contributed by atoms with Gasteiger partial charge in [0.05, 0.1) is 0 Å². The van der Waals surface area contributed by atoms with Gasteiger partial charge in [0.25, 0.3) is 0 Å². The van der Waals surface area contributed by atoms with Crippen molar-refractivity contribution in [1.82, 2.24) is 0 Å². The van der Waals surface area contributed by atoms with Crippen molar-refractivity contribution in [3.63, 3.8) is 0 Å². The maximum absolute atomic E-state index is 6.22. The lowest BCUT2D eigenvalue weighted by Gasteiger charge is -2.16. The van der Waals surface area contributed by atoms with Gasteiger partial charge in [0.1, 0.15) is 11.3 Å². The number of hydrogen-bond acceptors (Lipinski definition) is 1. The average molecular weight is 268 g/mol. The molecule has 0 fully saturated rings. The monoisotopic (exact) mass is 268 g/mol. The second-order valence-electron chi connectivity index (χ2n) is 6.58. The third kappa shape index (κ3) is 1.91. The highest BCUT2D eigenvalue weighted by molar-refractivity contribution is 5.92. The van der Waals surface area contributed by atoms with Gasteiger partial charge in [-0.1, -0.05) is 39.8 Å². The normalized spacial score (nSPS) is 14.6. The van der Waals surface area contributed by atoms with Crippen LogP contribution in [0.3, 0.4) is 0 Å². The first kappa shape index (κ1) is 13.5. The zero-order valence-electron chi connectivity index (χ0n) is 13.2. The van der Waals surface area contributed by atoms with E-state index in [1.807, 2.05) is 0 Å². The minimum Gasteiger partial charge on any atom is -0.456 e. The number of benzene rings is 1. The molecule has 0 saturated carbocycles. The van der Waals surface area contributed by atoms with Crippen LogP contribution in [-0.2, 0) is 6.42 Å². The first-order chi connectivity index (χ1) is 9.50. The number of fused-ring (bicyclic) bond motifs is 3. The van der Waals surface area contributed by atoms with Crippen LogP contribution in [0.5, 0.6) is 0 Å². The Morgan fingerprint density at radius 1 is 1.05 bits per heavy atom. The van der Waals surface area contributed by atoms with Crippen molar-refractivity contribution >= 4 is 17.0 Å². The molecule has 0 N–H and O–H groups in total. The van der Waals surface area contributed by atoms with Crippen LogP contribution in [-0.4, -0.2) is 0 Å². The predicted molar refractivity (Wildman–Crippen MR) is 86.5 cm³/mol. The van der Waals surface area contributed by atoms with E-state index in [1.54, 1.807) is 0 Å². The summed E-state index contributed by atoms with van der Waals surface area (Å²) in [5.41, 5.74) is 6.74. The first-order valence-corrected chi connectivity index (χ1v) is 7.76. The molecule has 1 aliphatic carbocycles. The van der Waals surface area contributed by atoms with E-state index >= 15 is 0 Å². The molecule has 0 aliphatic heterocycles. The highest BCUT2D eigenvalue weighted by atomic mass is 16.3. The van der Waals surface area contributed by atoms with Gasteiger partial charge in [0.15, 0.2) is 0 Å². The van der Waals surface area contributed by atoms with Crippen LogP contribution in [0.4, 0.5) is 0 Å². The van der Waals surface area contributed by atoms with Crippen LogP contribution in [0.25, 0.3) is 17.0 Å². The molecule has 1 aliphatic rings. The summed E-state index contributed by atoms with van der Waals surface area (Å²) in [5.74, 6) is 2.15. The van der Waals surface area contributed by atoms with Crippen molar-refractivity contribution in [3.8, 4) is 0 Å². The van der Waals surface area contributed by atoms with Crippen LogP contribution in [0.15, 0.2) is 16.6 Å². The third-order valence-electron chi connectivity index (χ3n) is 4.49. The van der Waals surface area contributed by atoms with Gasteiger partial charge in [-0.05, 0) is 54.4 Å². The fourth-order valence-corrected chi connectivity index (χ4v) is 3.39. The van der Waals surface area contributed by atoms with Gasteiger partial charge in [-0.2, -0.15) is 0 Å². The minimum absolute atomic E-state index is 0.531. The fraction of sp³-hybridized carbons (Fsp3) is 0.474. The molecule has 3 rings (SSSR count). The van der Waals surface area contributed by atoms with E-state index in [1.165, 1.54) is 27.6 Å². The van der Waals surface area contributed by atoms with Gasteiger partial charge in [0, 0.05) is 10.9 Å². The lowest BCUT2D eigenvalue weighted by molar-refractivity contribution is 0.591. The quantitative estimate of drug-likeness (QED) is 0.656. The molecule has 1 aromatic heterocycles. The van der Waals surface area contributed by atoms with Crippen molar-refractivity contribution in [2.45, 2.75) is 59.3 Å². The third-order valence-corrected chi connectivity index (χ3v) is 4.49. The Hall–Kier alpha value is -1.50. The summed E-state index contributed by atoms with van der Waals surface area (Å²) in [6.45, 7) is 11.3. The minimum atomic E-state index is 0.531. The molecular weight excluding hydrogens is 244 g/mol. The molecule has 20 heavy (non-hydrogen) atoms. The molecule has 1 nitrogen and oxygen atoms in total. The van der Waals surface area contributed by atoms with Gasteiger partial charge in [0.2, 0.25) is 0 Å². The van der Waals surface area contributed by atoms with Crippen LogP contribution >= 0.6 is 0 Å². The van der Waals surface area contributed by atoms with Crippen molar-refractivity contribution in [1.29, 1.82) is 0 Å². The first-order valence-electron chi connectivity index (χ1n) is 7.76. The molecule has 106 valence electrons. The number of hydrogen-bond donors (Lipinski definition) is 0. The van der Waals surface area contributed by atoms with Crippen molar-refractivity contribution in [3.05, 3.63) is 40.2 Å². The molecule has 0 amide bonds.